The molecule has 0 heterocycles. The molecule has 0 saturated heterocycles. The second-order valence-electron chi connectivity index (χ2n) is 4.91. The first kappa shape index (κ1) is 15.9. The van der Waals surface area contributed by atoms with E-state index >= 15 is 0 Å². The number of carbonyl (C=O) groups is 2. The zero-order valence-corrected chi connectivity index (χ0v) is 11.4. The number of hydrogen-bond acceptors (Lipinski definition) is 3. The highest BCUT2D eigenvalue weighted by molar-refractivity contribution is 6.04. The van der Waals surface area contributed by atoms with Gasteiger partial charge in [-0.25, -0.2) is 4.79 Å². The molecule has 1 fully saturated rings. The third-order valence-electron chi connectivity index (χ3n) is 3.51. The summed E-state index contributed by atoms with van der Waals surface area (Å²) in [4.78, 5) is 22.5. The number of rotatable bonds is 5. The maximum atomic E-state index is 13.4. The fourth-order valence-electron chi connectivity index (χ4n) is 2.38. The van der Waals surface area contributed by atoms with Crippen LogP contribution < -0.4 is 5.32 Å². The molecule has 1 aliphatic rings. The highest BCUT2D eigenvalue weighted by Crippen LogP contribution is 2.27. The lowest BCUT2D eigenvalue weighted by Gasteiger charge is -2.29. The van der Waals surface area contributed by atoms with E-state index in [4.69, 9.17) is 0 Å². The number of ether oxygens (including phenoxy) is 1. The maximum absolute atomic E-state index is 13.4. The first-order valence-electron chi connectivity index (χ1n) is 6.77. The standard InChI is InChI=1S/C13H21F2NO3/c1-3-9-6-5-7-10(8-9)16-11(17)13(14,15)12(18)19-4-2/h9-10H,3-8H2,1-2H3,(H,16,17). The molecule has 1 N–H and O–H groups in total. The van der Waals surface area contributed by atoms with Crippen molar-refractivity contribution < 1.29 is 23.1 Å². The molecule has 4 nitrogen and oxygen atoms in total. The molecule has 2 unspecified atom stereocenters. The number of amides is 1. The van der Waals surface area contributed by atoms with E-state index in [1.165, 1.54) is 6.92 Å². The molecule has 0 spiro atoms. The van der Waals surface area contributed by atoms with Crippen LogP contribution in [-0.4, -0.2) is 30.4 Å². The van der Waals surface area contributed by atoms with Gasteiger partial charge in [0.1, 0.15) is 0 Å². The summed E-state index contributed by atoms with van der Waals surface area (Å²) < 4.78 is 31.1. The fraction of sp³-hybridized carbons (Fsp3) is 0.846. The predicted octanol–water partition coefficient (Wildman–Crippen LogP) is 2.27. The van der Waals surface area contributed by atoms with Gasteiger partial charge in [0.25, 0.3) is 0 Å². The van der Waals surface area contributed by atoms with Gasteiger partial charge in [0.2, 0.25) is 0 Å². The average Bonchev–Trinajstić information content (AvgIpc) is 2.39. The van der Waals surface area contributed by atoms with Crippen molar-refractivity contribution in [3.8, 4) is 0 Å². The molecule has 2 atom stereocenters. The Morgan fingerprint density at radius 3 is 2.58 bits per heavy atom. The maximum Gasteiger partial charge on any atom is 0.418 e. The van der Waals surface area contributed by atoms with Crippen LogP contribution in [0.1, 0.15) is 46.0 Å². The minimum atomic E-state index is -4.10. The van der Waals surface area contributed by atoms with Crippen molar-refractivity contribution in [3.05, 3.63) is 0 Å². The van der Waals surface area contributed by atoms with Crippen LogP contribution in [0.2, 0.25) is 0 Å². The molecular weight excluding hydrogens is 256 g/mol. The molecule has 0 bridgehead atoms. The molecule has 0 radical (unpaired) electrons. The molecule has 0 aromatic heterocycles. The minimum Gasteiger partial charge on any atom is -0.461 e. The summed E-state index contributed by atoms with van der Waals surface area (Å²) in [6, 6.07) is -0.272. The Bertz CT molecular complexity index is 334. The van der Waals surface area contributed by atoms with Gasteiger partial charge >= 0.3 is 17.8 Å². The molecule has 1 rings (SSSR count). The lowest BCUT2D eigenvalue weighted by molar-refractivity contribution is -0.177. The lowest BCUT2D eigenvalue weighted by atomic mass is 9.84. The number of hydrogen-bond donors (Lipinski definition) is 1. The van der Waals surface area contributed by atoms with E-state index in [9.17, 15) is 18.4 Å². The monoisotopic (exact) mass is 277 g/mol. The molecule has 0 aliphatic heterocycles. The SMILES string of the molecule is CCOC(=O)C(F)(F)C(=O)NC1CCCC(CC)C1. The van der Waals surface area contributed by atoms with Crippen LogP contribution in [0.3, 0.4) is 0 Å². The van der Waals surface area contributed by atoms with Crippen LogP contribution in [-0.2, 0) is 14.3 Å². The number of nitrogens with one attached hydrogen (secondary N) is 1. The number of alkyl halides is 2. The quantitative estimate of drug-likeness (QED) is 0.619. The van der Waals surface area contributed by atoms with Crippen molar-refractivity contribution in [1.82, 2.24) is 5.32 Å². The van der Waals surface area contributed by atoms with Crippen LogP contribution in [0.25, 0.3) is 0 Å². The first-order valence-corrected chi connectivity index (χ1v) is 6.77. The average molecular weight is 277 g/mol. The lowest BCUT2D eigenvalue weighted by Crippen LogP contribution is -2.51. The summed E-state index contributed by atoms with van der Waals surface area (Å²) in [7, 11) is 0. The van der Waals surface area contributed by atoms with Crippen molar-refractivity contribution in [2.75, 3.05) is 6.61 Å². The molecule has 1 saturated carbocycles. The van der Waals surface area contributed by atoms with Crippen LogP contribution in [0.4, 0.5) is 8.78 Å². The van der Waals surface area contributed by atoms with Crippen LogP contribution >= 0.6 is 0 Å². The van der Waals surface area contributed by atoms with Gasteiger partial charge in [-0.05, 0) is 25.7 Å². The zero-order valence-electron chi connectivity index (χ0n) is 11.4. The van der Waals surface area contributed by atoms with E-state index < -0.39 is 17.8 Å². The fourth-order valence-corrected chi connectivity index (χ4v) is 2.38. The molecule has 6 heteroatoms. The highest BCUT2D eigenvalue weighted by Gasteiger charge is 2.49. The highest BCUT2D eigenvalue weighted by atomic mass is 19.3. The van der Waals surface area contributed by atoms with Crippen molar-refractivity contribution in [3.63, 3.8) is 0 Å². The smallest absolute Gasteiger partial charge is 0.418 e. The van der Waals surface area contributed by atoms with Gasteiger partial charge in [0, 0.05) is 6.04 Å². The van der Waals surface area contributed by atoms with Gasteiger partial charge in [0.05, 0.1) is 6.61 Å². The van der Waals surface area contributed by atoms with Crippen molar-refractivity contribution in [2.45, 2.75) is 57.9 Å². The Hall–Kier alpha value is -1.20. The Kier molecular flexibility index (Phi) is 5.69. The van der Waals surface area contributed by atoms with Gasteiger partial charge in [-0.1, -0.05) is 26.2 Å². The van der Waals surface area contributed by atoms with E-state index in [-0.39, 0.29) is 12.6 Å². The Balaban J connectivity index is 2.55. The van der Waals surface area contributed by atoms with Crippen molar-refractivity contribution in [2.24, 2.45) is 5.92 Å². The van der Waals surface area contributed by atoms with Crippen molar-refractivity contribution in [1.29, 1.82) is 0 Å². The Labute approximate surface area is 111 Å². The topological polar surface area (TPSA) is 55.4 Å². The second kappa shape index (κ2) is 6.82. The van der Waals surface area contributed by atoms with E-state index in [1.54, 1.807) is 0 Å². The van der Waals surface area contributed by atoms with E-state index in [0.717, 1.165) is 19.3 Å². The normalized spacial score (nSPS) is 23.8. The van der Waals surface area contributed by atoms with E-state index in [2.05, 4.69) is 10.1 Å². The third-order valence-corrected chi connectivity index (χ3v) is 3.51. The molecule has 110 valence electrons. The largest absolute Gasteiger partial charge is 0.461 e. The third kappa shape index (κ3) is 4.14. The molecule has 1 aliphatic carbocycles. The van der Waals surface area contributed by atoms with Crippen LogP contribution in [0.5, 0.6) is 0 Å². The first-order chi connectivity index (χ1) is 8.91. The summed E-state index contributed by atoms with van der Waals surface area (Å²) in [5.74, 6) is -6.98. The summed E-state index contributed by atoms with van der Waals surface area (Å²) in [6.07, 6.45) is 4.33. The zero-order chi connectivity index (χ0) is 14.5. The molecular formula is C13H21F2NO3. The second-order valence-corrected chi connectivity index (χ2v) is 4.91. The van der Waals surface area contributed by atoms with Gasteiger partial charge in [-0.2, -0.15) is 8.78 Å². The predicted molar refractivity (Wildman–Crippen MR) is 65.8 cm³/mol. The summed E-state index contributed by atoms with van der Waals surface area (Å²) in [5, 5.41) is 2.27. The van der Waals surface area contributed by atoms with E-state index in [0.29, 0.717) is 18.8 Å². The van der Waals surface area contributed by atoms with Gasteiger partial charge in [-0.3, -0.25) is 4.79 Å². The molecule has 1 amide bonds. The molecule has 0 aromatic rings. The Morgan fingerprint density at radius 1 is 1.32 bits per heavy atom. The number of esters is 1. The van der Waals surface area contributed by atoms with Crippen LogP contribution in [0.15, 0.2) is 0 Å². The summed E-state index contributed by atoms with van der Waals surface area (Å²) in [6.45, 7) is 3.28. The van der Waals surface area contributed by atoms with Crippen molar-refractivity contribution >= 4 is 11.9 Å². The van der Waals surface area contributed by atoms with E-state index in [1.807, 2.05) is 6.92 Å². The molecule has 19 heavy (non-hydrogen) atoms. The number of halogens is 2. The Morgan fingerprint density at radius 2 is 2.00 bits per heavy atom. The van der Waals surface area contributed by atoms with Gasteiger partial charge in [0.15, 0.2) is 0 Å². The van der Waals surface area contributed by atoms with Gasteiger partial charge < -0.3 is 10.1 Å². The number of carbonyl (C=O) groups excluding carboxylic acids is 2. The van der Waals surface area contributed by atoms with Gasteiger partial charge in [-0.15, -0.1) is 0 Å². The summed E-state index contributed by atoms with van der Waals surface area (Å²) in [5.41, 5.74) is 0. The van der Waals surface area contributed by atoms with Crippen LogP contribution in [0, 0.1) is 5.92 Å². The molecule has 0 aromatic carbocycles. The summed E-state index contributed by atoms with van der Waals surface area (Å²) >= 11 is 0. The minimum absolute atomic E-state index is 0.178.